The van der Waals surface area contributed by atoms with Crippen LogP contribution in [0.3, 0.4) is 0 Å². The zero-order valence-corrected chi connectivity index (χ0v) is 33.6. The van der Waals surface area contributed by atoms with E-state index in [1.165, 1.54) is 10.7 Å². The lowest BCUT2D eigenvalue weighted by atomic mass is 9.89. The molecule has 0 radical (unpaired) electrons. The number of piperazine rings is 1. The molecule has 316 valence electrons. The highest BCUT2D eigenvalue weighted by atomic mass is 19.1. The topological polar surface area (TPSA) is 197 Å². The van der Waals surface area contributed by atoms with Crippen LogP contribution in [0.25, 0.3) is 16.6 Å². The number of urea groups is 1. The first-order valence-electron chi connectivity index (χ1n) is 20.4. The van der Waals surface area contributed by atoms with Crippen molar-refractivity contribution in [2.24, 2.45) is 5.92 Å². The van der Waals surface area contributed by atoms with Crippen LogP contribution < -0.4 is 20.4 Å². The molecule has 9 rings (SSSR count). The molecule has 3 N–H and O–H groups in total. The van der Waals surface area contributed by atoms with E-state index in [1.54, 1.807) is 43.0 Å². The van der Waals surface area contributed by atoms with Crippen molar-refractivity contribution in [1.29, 1.82) is 5.26 Å². The molecule has 4 aliphatic rings. The highest BCUT2D eigenvalue weighted by Crippen LogP contribution is 2.36. The molecular weight excluding hydrogens is 791 g/mol. The summed E-state index contributed by atoms with van der Waals surface area (Å²) < 4.78 is 33.5. The molecule has 19 heteroatoms. The van der Waals surface area contributed by atoms with E-state index in [9.17, 15) is 29.5 Å². The van der Waals surface area contributed by atoms with Gasteiger partial charge in [0.25, 0.3) is 5.91 Å². The third-order valence-electron chi connectivity index (χ3n) is 12.3. The van der Waals surface area contributed by atoms with Gasteiger partial charge in [0, 0.05) is 75.5 Å². The van der Waals surface area contributed by atoms with E-state index in [2.05, 4.69) is 20.6 Å². The lowest BCUT2D eigenvalue weighted by Gasteiger charge is -2.45. The predicted octanol–water partition coefficient (Wildman–Crippen LogP) is 3.92. The lowest BCUT2D eigenvalue weighted by molar-refractivity contribution is -0.138. The summed E-state index contributed by atoms with van der Waals surface area (Å²) in [6.45, 7) is 6.47. The smallest absolute Gasteiger partial charge is 0.328 e. The van der Waals surface area contributed by atoms with Gasteiger partial charge < -0.3 is 20.2 Å². The molecule has 0 bridgehead atoms. The molecule has 1 saturated carbocycles. The number of fused-ring (bicyclic) bond motifs is 2. The van der Waals surface area contributed by atoms with Crippen LogP contribution in [0.4, 0.5) is 30.6 Å². The maximum atomic E-state index is 15.1. The molecule has 1 aromatic carbocycles. The maximum absolute atomic E-state index is 15.1. The molecule has 5 amide bonds. The highest BCUT2D eigenvalue weighted by molar-refractivity contribution is 6.06. The van der Waals surface area contributed by atoms with Gasteiger partial charge in [-0.25, -0.2) is 23.1 Å². The number of nitrogens with one attached hydrogen (secondary N) is 2. The maximum Gasteiger partial charge on any atom is 0.328 e. The Labute approximate surface area is 348 Å². The summed E-state index contributed by atoms with van der Waals surface area (Å²) >= 11 is 0. The van der Waals surface area contributed by atoms with E-state index in [0.29, 0.717) is 60.3 Å². The predicted molar refractivity (Wildman–Crippen MR) is 218 cm³/mol. The fraction of sp³-hybridized carbons (Fsp3) is 0.429. The summed E-state index contributed by atoms with van der Waals surface area (Å²) in [5.74, 6) is -3.01. The van der Waals surface area contributed by atoms with Crippen molar-refractivity contribution in [1.82, 2.24) is 39.5 Å². The van der Waals surface area contributed by atoms with Gasteiger partial charge in [0.05, 0.1) is 40.6 Å². The molecule has 3 aliphatic heterocycles. The van der Waals surface area contributed by atoms with E-state index in [-0.39, 0.29) is 42.2 Å². The number of pyridine rings is 1. The number of hydrogen-bond donors (Lipinski definition) is 3. The number of nitriles is 1. The third kappa shape index (κ3) is 7.61. The molecule has 0 spiro atoms. The number of nitrogens with zero attached hydrogens (tertiary/aromatic N) is 10. The normalized spacial score (nSPS) is 20.5. The zero-order chi connectivity index (χ0) is 42.7. The minimum absolute atomic E-state index is 0.0344. The van der Waals surface area contributed by atoms with Crippen LogP contribution in [0.15, 0.2) is 48.8 Å². The van der Waals surface area contributed by atoms with Gasteiger partial charge in [-0.2, -0.15) is 15.5 Å². The van der Waals surface area contributed by atoms with Gasteiger partial charge in [-0.1, -0.05) is 0 Å². The number of imide groups is 1. The van der Waals surface area contributed by atoms with Crippen LogP contribution in [0.1, 0.15) is 73.7 Å². The van der Waals surface area contributed by atoms with Gasteiger partial charge in [-0.05, 0) is 75.9 Å². The number of carbonyl (C=O) groups is 4. The molecule has 4 aromatic heterocycles. The first-order valence-corrected chi connectivity index (χ1v) is 20.4. The second kappa shape index (κ2) is 15.5. The summed E-state index contributed by atoms with van der Waals surface area (Å²) in [6, 6.07) is 10.8. The average Bonchev–Trinajstić information content (AvgIpc) is 3.84. The quantitative estimate of drug-likeness (QED) is 0.205. The van der Waals surface area contributed by atoms with Crippen LogP contribution >= 0.6 is 0 Å². The van der Waals surface area contributed by atoms with E-state index >= 15 is 8.78 Å². The van der Waals surface area contributed by atoms with Crippen LogP contribution in [0, 0.1) is 28.9 Å². The van der Waals surface area contributed by atoms with Gasteiger partial charge >= 0.3 is 6.03 Å². The summed E-state index contributed by atoms with van der Waals surface area (Å²) in [7, 11) is 0. The van der Waals surface area contributed by atoms with Crippen molar-refractivity contribution in [3.63, 3.8) is 0 Å². The number of amides is 5. The van der Waals surface area contributed by atoms with Gasteiger partial charge in [0.2, 0.25) is 11.8 Å². The molecule has 0 atom stereocenters. The zero-order valence-electron chi connectivity index (χ0n) is 33.6. The Bertz CT molecular complexity index is 2600. The van der Waals surface area contributed by atoms with Gasteiger partial charge in [0.1, 0.15) is 23.1 Å². The molecule has 1 aliphatic carbocycles. The Morgan fingerprint density at radius 1 is 0.967 bits per heavy atom. The first-order chi connectivity index (χ1) is 29.2. The fourth-order valence-corrected chi connectivity index (χ4v) is 9.01. The van der Waals surface area contributed by atoms with Crippen molar-refractivity contribution in [3.05, 3.63) is 77.4 Å². The van der Waals surface area contributed by atoms with Crippen molar-refractivity contribution < 1.29 is 33.1 Å². The second-order valence-corrected chi connectivity index (χ2v) is 16.8. The fourth-order valence-electron chi connectivity index (χ4n) is 9.01. The monoisotopic (exact) mass is 834 g/mol. The number of anilines is 3. The minimum atomic E-state index is -1.39. The second-order valence-electron chi connectivity index (χ2n) is 16.8. The number of carbonyl (C=O) groups excluding carboxylic acids is 4. The number of rotatable bonds is 8. The summed E-state index contributed by atoms with van der Waals surface area (Å²) in [4.78, 5) is 62.2. The number of hydrogen-bond acceptors (Lipinski definition) is 11. The first kappa shape index (κ1) is 39.9. The van der Waals surface area contributed by atoms with Crippen LogP contribution in [-0.4, -0.2) is 115 Å². The average molecular weight is 835 g/mol. The van der Waals surface area contributed by atoms with Gasteiger partial charge in [-0.3, -0.25) is 34.2 Å². The Kier molecular flexibility index (Phi) is 10.1. The van der Waals surface area contributed by atoms with Crippen molar-refractivity contribution in [2.75, 3.05) is 60.9 Å². The number of benzene rings is 1. The van der Waals surface area contributed by atoms with Crippen LogP contribution in [0.5, 0.6) is 0 Å². The molecule has 5 aromatic rings. The standard InChI is InChI=1S/C42H44F2N12O5/c1-42(2,61)37-33(47-39(58)34-8-7-29-15-24(19-45)20-46-56(29)34)16-25-23-55(50-38(25)49-37)28-5-3-27(4-6-28)51-11-13-52(14-12-51)40(59)26-21-53(22-26)30-17-31(43)36(32(44)18-30)54-10-9-35(57)48-41(54)60/h7-8,15-18,20,23,26-28,61H,3-6,9-14,21-22H2,1-2H3,(H,47,58)(H,48,57,60). The Morgan fingerprint density at radius 2 is 1.67 bits per heavy atom. The van der Waals surface area contributed by atoms with Crippen LogP contribution in [-0.2, 0) is 15.2 Å². The molecule has 7 heterocycles. The molecule has 0 unspecified atom stereocenters. The molecule has 3 saturated heterocycles. The Hall–Kier alpha value is -6.52. The Balaban J connectivity index is 0.778. The number of halogens is 2. The van der Waals surface area contributed by atoms with Crippen molar-refractivity contribution in [3.8, 4) is 6.07 Å². The van der Waals surface area contributed by atoms with Crippen molar-refractivity contribution >= 4 is 57.4 Å². The molecule has 4 fully saturated rings. The van der Waals surface area contributed by atoms with E-state index < -0.39 is 40.8 Å². The molecule has 17 nitrogen and oxygen atoms in total. The van der Waals surface area contributed by atoms with E-state index in [1.807, 2.05) is 21.8 Å². The largest absolute Gasteiger partial charge is 0.384 e. The SMILES string of the molecule is CC(C)(O)c1nc2nn(C3CCC(N4CCN(C(=O)C5CN(c6cc(F)c(N7CCC(=O)NC7=O)c(F)c6)C5)CC4)CC3)cc2cc1NC(=O)c1ccc2cc(C#N)cnn12. The third-order valence-corrected chi connectivity index (χ3v) is 12.3. The van der Waals surface area contributed by atoms with E-state index in [0.717, 1.165) is 61.2 Å². The Morgan fingerprint density at radius 3 is 2.34 bits per heavy atom. The van der Waals surface area contributed by atoms with Crippen molar-refractivity contribution in [2.45, 2.75) is 63.6 Å². The summed E-state index contributed by atoms with van der Waals surface area (Å²) in [6.07, 6.45) is 6.97. The summed E-state index contributed by atoms with van der Waals surface area (Å²) in [5, 5.41) is 35.0. The minimum Gasteiger partial charge on any atom is -0.384 e. The molecular formula is C42H44F2N12O5. The lowest BCUT2D eigenvalue weighted by Crippen LogP contribution is -2.59. The van der Waals surface area contributed by atoms with Gasteiger partial charge in [-0.15, -0.1) is 0 Å². The molecule has 61 heavy (non-hydrogen) atoms. The highest BCUT2D eigenvalue weighted by Gasteiger charge is 2.39. The van der Waals surface area contributed by atoms with E-state index in [4.69, 9.17) is 10.1 Å². The number of aliphatic hydroxyl groups is 1. The summed E-state index contributed by atoms with van der Waals surface area (Å²) in [5.41, 5.74) is 0.740. The van der Waals surface area contributed by atoms with Gasteiger partial charge in [0.15, 0.2) is 17.3 Å². The number of aromatic nitrogens is 5. The van der Waals surface area contributed by atoms with Crippen LogP contribution in [0.2, 0.25) is 0 Å².